The highest BCUT2D eigenvalue weighted by Crippen LogP contribution is 2.30. The zero-order chi connectivity index (χ0) is 20.5. The summed E-state index contributed by atoms with van der Waals surface area (Å²) in [5.74, 6) is 0.306. The largest absolute Gasteiger partial charge is 0.462 e. The average molecular weight is 390 g/mol. The molecule has 3 aromatic heterocycles. The minimum atomic E-state index is -0.502. The summed E-state index contributed by atoms with van der Waals surface area (Å²) in [6.45, 7) is 5.97. The Hall–Kier alpha value is -3.68. The van der Waals surface area contributed by atoms with Crippen molar-refractivity contribution in [3.05, 3.63) is 59.5 Å². The van der Waals surface area contributed by atoms with E-state index in [1.165, 1.54) is 10.9 Å². The lowest BCUT2D eigenvalue weighted by Crippen LogP contribution is -2.12. The van der Waals surface area contributed by atoms with Gasteiger partial charge in [-0.3, -0.25) is 0 Å². The normalized spacial score (nSPS) is 11.1. The number of esters is 1. The van der Waals surface area contributed by atoms with E-state index in [4.69, 9.17) is 20.6 Å². The molecule has 1 aromatic carbocycles. The van der Waals surface area contributed by atoms with Crippen LogP contribution >= 0.6 is 0 Å². The van der Waals surface area contributed by atoms with E-state index in [0.717, 1.165) is 34.6 Å². The van der Waals surface area contributed by atoms with Crippen LogP contribution in [0, 0.1) is 6.92 Å². The number of hydrogen-bond donors (Lipinski definition) is 1. The zero-order valence-electron chi connectivity index (χ0n) is 16.6. The van der Waals surface area contributed by atoms with Crippen LogP contribution in [0.25, 0.3) is 22.6 Å². The molecule has 0 amide bonds. The van der Waals surface area contributed by atoms with E-state index < -0.39 is 5.97 Å². The van der Waals surface area contributed by atoms with Gasteiger partial charge in [0.15, 0.2) is 11.5 Å². The van der Waals surface area contributed by atoms with Gasteiger partial charge in [0.05, 0.1) is 18.5 Å². The number of hydrogen-bond acceptors (Lipinski definition) is 6. The molecule has 29 heavy (non-hydrogen) atoms. The first-order valence-corrected chi connectivity index (χ1v) is 9.50. The number of nitrogens with two attached hydrogens (primary N) is 1. The lowest BCUT2D eigenvalue weighted by Gasteiger charge is -2.09. The molecule has 148 valence electrons. The first kappa shape index (κ1) is 18.7. The molecule has 0 aliphatic carbocycles. The van der Waals surface area contributed by atoms with Gasteiger partial charge >= 0.3 is 5.97 Å². The lowest BCUT2D eigenvalue weighted by molar-refractivity contribution is 0.0527. The molecule has 3 heterocycles. The molecular weight excluding hydrogens is 368 g/mol. The molecule has 0 fully saturated rings. The summed E-state index contributed by atoms with van der Waals surface area (Å²) in [5, 5.41) is 9.10. The number of anilines is 1. The number of rotatable bonds is 5. The van der Waals surface area contributed by atoms with Crippen LogP contribution in [0.15, 0.2) is 42.6 Å². The molecule has 8 heteroatoms. The first-order valence-electron chi connectivity index (χ1n) is 9.50. The maximum Gasteiger partial charge on any atom is 0.343 e. The predicted molar refractivity (Wildman–Crippen MR) is 110 cm³/mol. The molecule has 0 aliphatic heterocycles. The Morgan fingerprint density at radius 2 is 1.97 bits per heavy atom. The molecular formula is C21H22N6O2. The standard InChI is InChI=1S/C21H22N6O2/c1-4-16-18(14-9-7-6-8-10-14)20-24-13(3)11-17(27(20)25-16)26-19(22)15(12-23-26)21(28)29-5-2/h6-12H,4-5,22H2,1-3H3. The molecule has 2 N–H and O–H groups in total. The van der Waals surface area contributed by atoms with Crippen LogP contribution in [0.2, 0.25) is 0 Å². The van der Waals surface area contributed by atoms with Crippen LogP contribution in [-0.4, -0.2) is 37.0 Å². The molecule has 0 aliphatic rings. The summed E-state index contributed by atoms with van der Waals surface area (Å²) in [7, 11) is 0. The zero-order valence-corrected chi connectivity index (χ0v) is 16.6. The number of fused-ring (bicyclic) bond motifs is 1. The number of ether oxygens (including phenoxy) is 1. The van der Waals surface area contributed by atoms with E-state index in [-0.39, 0.29) is 18.0 Å². The number of benzene rings is 1. The monoisotopic (exact) mass is 390 g/mol. The van der Waals surface area contributed by atoms with Crippen molar-refractivity contribution in [3.63, 3.8) is 0 Å². The predicted octanol–water partition coefficient (Wildman–Crippen LogP) is 3.21. The van der Waals surface area contributed by atoms with Crippen molar-refractivity contribution in [3.8, 4) is 16.9 Å². The van der Waals surface area contributed by atoms with E-state index in [9.17, 15) is 4.79 Å². The van der Waals surface area contributed by atoms with Crippen LogP contribution in [0.3, 0.4) is 0 Å². The highest BCUT2D eigenvalue weighted by atomic mass is 16.5. The van der Waals surface area contributed by atoms with Gasteiger partial charge in [0.2, 0.25) is 0 Å². The molecule has 0 bridgehead atoms. The second kappa shape index (κ2) is 7.38. The van der Waals surface area contributed by atoms with Crippen molar-refractivity contribution in [2.45, 2.75) is 27.2 Å². The fraction of sp³-hybridized carbons (Fsp3) is 0.238. The molecule has 0 atom stereocenters. The molecule has 4 aromatic rings. The van der Waals surface area contributed by atoms with Crippen molar-refractivity contribution < 1.29 is 9.53 Å². The van der Waals surface area contributed by atoms with Gasteiger partial charge in [-0.1, -0.05) is 37.3 Å². The highest BCUT2D eigenvalue weighted by molar-refractivity contribution is 5.94. The molecule has 0 saturated carbocycles. The average Bonchev–Trinajstić information content (AvgIpc) is 3.28. The Kier molecular flexibility index (Phi) is 4.75. The van der Waals surface area contributed by atoms with Gasteiger partial charge in [-0.15, -0.1) is 0 Å². The molecule has 0 radical (unpaired) electrons. The SMILES string of the molecule is CCOC(=O)c1cnn(-c2cc(C)nc3c(-c4ccccc4)c(CC)nn23)c1N. The molecule has 0 saturated heterocycles. The van der Waals surface area contributed by atoms with E-state index in [1.54, 1.807) is 11.4 Å². The van der Waals surface area contributed by atoms with Crippen molar-refractivity contribution in [2.24, 2.45) is 0 Å². The van der Waals surface area contributed by atoms with Crippen molar-refractivity contribution in [2.75, 3.05) is 12.3 Å². The highest BCUT2D eigenvalue weighted by Gasteiger charge is 2.22. The number of aromatic nitrogens is 5. The number of nitrogens with zero attached hydrogens (tertiary/aromatic N) is 5. The van der Waals surface area contributed by atoms with Crippen LogP contribution in [0.5, 0.6) is 0 Å². The summed E-state index contributed by atoms with van der Waals surface area (Å²) in [4.78, 5) is 16.9. The topological polar surface area (TPSA) is 100 Å². The number of carbonyl (C=O) groups excluding carboxylic acids is 1. The van der Waals surface area contributed by atoms with Gasteiger partial charge < -0.3 is 10.5 Å². The Labute approximate surface area is 167 Å². The first-order chi connectivity index (χ1) is 14.0. The molecule has 8 nitrogen and oxygen atoms in total. The van der Waals surface area contributed by atoms with E-state index in [2.05, 4.69) is 12.0 Å². The van der Waals surface area contributed by atoms with E-state index in [0.29, 0.717) is 5.82 Å². The lowest BCUT2D eigenvalue weighted by atomic mass is 10.0. The van der Waals surface area contributed by atoms with Gasteiger partial charge in [0.1, 0.15) is 11.4 Å². The maximum absolute atomic E-state index is 12.1. The minimum absolute atomic E-state index is 0.199. The number of nitrogen functional groups attached to an aromatic ring is 1. The third kappa shape index (κ3) is 3.12. The summed E-state index contributed by atoms with van der Waals surface area (Å²) in [6, 6.07) is 11.9. The quantitative estimate of drug-likeness (QED) is 0.525. The second-order valence-corrected chi connectivity index (χ2v) is 6.61. The third-order valence-corrected chi connectivity index (χ3v) is 4.69. The molecule has 0 spiro atoms. The number of aryl methyl sites for hydroxylation is 2. The van der Waals surface area contributed by atoms with Gasteiger partial charge in [0.25, 0.3) is 0 Å². The van der Waals surface area contributed by atoms with Crippen molar-refractivity contribution in [1.82, 2.24) is 24.4 Å². The Bertz CT molecular complexity index is 1190. The Morgan fingerprint density at radius 3 is 2.66 bits per heavy atom. The van der Waals surface area contributed by atoms with Gasteiger partial charge in [-0.05, 0) is 25.8 Å². The van der Waals surface area contributed by atoms with Gasteiger partial charge in [-0.2, -0.15) is 19.4 Å². The van der Waals surface area contributed by atoms with Crippen LogP contribution in [0.1, 0.15) is 35.6 Å². The maximum atomic E-state index is 12.1. The fourth-order valence-corrected chi connectivity index (χ4v) is 3.37. The summed E-state index contributed by atoms with van der Waals surface area (Å²) >= 11 is 0. The summed E-state index contributed by atoms with van der Waals surface area (Å²) in [6.07, 6.45) is 2.16. The second-order valence-electron chi connectivity index (χ2n) is 6.61. The minimum Gasteiger partial charge on any atom is -0.462 e. The van der Waals surface area contributed by atoms with E-state index >= 15 is 0 Å². The van der Waals surface area contributed by atoms with Gasteiger partial charge in [-0.25, -0.2) is 9.78 Å². The smallest absolute Gasteiger partial charge is 0.343 e. The molecule has 0 unspecified atom stereocenters. The summed E-state index contributed by atoms with van der Waals surface area (Å²) < 4.78 is 8.28. The Morgan fingerprint density at radius 1 is 1.21 bits per heavy atom. The molecule has 4 rings (SSSR count). The third-order valence-electron chi connectivity index (χ3n) is 4.69. The van der Waals surface area contributed by atoms with Crippen molar-refractivity contribution in [1.29, 1.82) is 0 Å². The summed E-state index contributed by atoms with van der Waals surface area (Å²) in [5.41, 5.74) is 10.9. The number of carbonyl (C=O) groups is 1. The Balaban J connectivity index is 1.96. The van der Waals surface area contributed by atoms with Crippen LogP contribution in [-0.2, 0) is 11.2 Å². The van der Waals surface area contributed by atoms with Crippen LogP contribution < -0.4 is 5.73 Å². The van der Waals surface area contributed by atoms with Crippen molar-refractivity contribution >= 4 is 17.4 Å². The van der Waals surface area contributed by atoms with Crippen LogP contribution in [0.4, 0.5) is 5.82 Å². The van der Waals surface area contributed by atoms with E-state index in [1.807, 2.05) is 43.3 Å². The van der Waals surface area contributed by atoms with Gasteiger partial charge in [0, 0.05) is 17.3 Å². The fourth-order valence-electron chi connectivity index (χ4n) is 3.37.